The fourth-order valence-electron chi connectivity index (χ4n) is 7.57. The Bertz CT molecular complexity index is 2780. The first kappa shape index (κ1) is 27.5. The number of aromatic nitrogens is 1. The molecule has 0 radical (unpaired) electrons. The number of benzene rings is 8. The standard InChI is InChI=1S/C46H30N2O/c1-2-16-36-31(12-1)13-9-24-42(36)47(33-28-26-32(27-29-33)37-20-11-21-41-40-19-5-8-25-45(40)49-46(37)41)34-14-10-15-35(30-34)48-43-22-6-3-17-38(43)39-18-4-7-23-44(39)48/h1-30H. The number of nitrogens with zero attached hydrogens (tertiary/aromatic N) is 2. The summed E-state index contributed by atoms with van der Waals surface area (Å²) in [7, 11) is 0. The smallest absolute Gasteiger partial charge is 0.143 e. The van der Waals surface area contributed by atoms with Crippen molar-refractivity contribution < 1.29 is 4.42 Å². The van der Waals surface area contributed by atoms with Gasteiger partial charge < -0.3 is 13.9 Å². The van der Waals surface area contributed by atoms with Gasteiger partial charge in [0.25, 0.3) is 0 Å². The third-order valence-corrected chi connectivity index (χ3v) is 9.77. The number of furan rings is 1. The third-order valence-electron chi connectivity index (χ3n) is 9.77. The first-order valence-corrected chi connectivity index (χ1v) is 16.7. The van der Waals surface area contributed by atoms with Gasteiger partial charge in [-0.3, -0.25) is 0 Å². The van der Waals surface area contributed by atoms with Gasteiger partial charge in [-0.2, -0.15) is 0 Å². The fourth-order valence-corrected chi connectivity index (χ4v) is 7.57. The van der Waals surface area contributed by atoms with Crippen LogP contribution in [0.1, 0.15) is 0 Å². The highest BCUT2D eigenvalue weighted by Crippen LogP contribution is 2.42. The molecule has 49 heavy (non-hydrogen) atoms. The van der Waals surface area contributed by atoms with Crippen LogP contribution in [0, 0.1) is 0 Å². The Labute approximate surface area is 283 Å². The van der Waals surface area contributed by atoms with Crippen molar-refractivity contribution in [1.29, 1.82) is 0 Å². The lowest BCUT2D eigenvalue weighted by Crippen LogP contribution is -2.11. The fraction of sp³-hybridized carbons (Fsp3) is 0. The second kappa shape index (κ2) is 11.0. The van der Waals surface area contributed by atoms with Crippen LogP contribution in [0.5, 0.6) is 0 Å². The molecule has 0 aliphatic heterocycles. The van der Waals surface area contributed by atoms with Gasteiger partial charge in [-0.05, 0) is 65.5 Å². The van der Waals surface area contributed by atoms with Gasteiger partial charge in [0.05, 0.1) is 16.7 Å². The van der Waals surface area contributed by atoms with E-state index in [4.69, 9.17) is 4.42 Å². The molecule has 0 saturated heterocycles. The highest BCUT2D eigenvalue weighted by molar-refractivity contribution is 6.10. The second-order valence-electron chi connectivity index (χ2n) is 12.6. The molecule has 10 rings (SSSR count). The van der Waals surface area contributed by atoms with Crippen molar-refractivity contribution in [2.75, 3.05) is 4.90 Å². The molecule has 2 heterocycles. The molecule has 0 fully saturated rings. The number of hydrogen-bond acceptors (Lipinski definition) is 2. The number of fused-ring (bicyclic) bond motifs is 7. The summed E-state index contributed by atoms with van der Waals surface area (Å²) in [5.74, 6) is 0. The molecule has 0 aliphatic carbocycles. The first-order valence-electron chi connectivity index (χ1n) is 16.7. The van der Waals surface area contributed by atoms with Gasteiger partial charge in [0.15, 0.2) is 0 Å². The minimum Gasteiger partial charge on any atom is -0.455 e. The molecule has 0 bridgehead atoms. The van der Waals surface area contributed by atoms with Crippen LogP contribution in [0.15, 0.2) is 186 Å². The van der Waals surface area contributed by atoms with Crippen LogP contribution in [-0.4, -0.2) is 4.57 Å². The molecule has 0 spiro atoms. The maximum absolute atomic E-state index is 6.40. The van der Waals surface area contributed by atoms with E-state index in [-0.39, 0.29) is 0 Å². The lowest BCUT2D eigenvalue weighted by atomic mass is 10.0. The predicted molar refractivity (Wildman–Crippen MR) is 206 cm³/mol. The molecule has 0 amide bonds. The van der Waals surface area contributed by atoms with Crippen LogP contribution in [0.2, 0.25) is 0 Å². The van der Waals surface area contributed by atoms with Crippen molar-refractivity contribution >= 4 is 71.6 Å². The summed E-state index contributed by atoms with van der Waals surface area (Å²) < 4.78 is 8.78. The van der Waals surface area contributed by atoms with Crippen molar-refractivity contribution in [1.82, 2.24) is 4.57 Å². The second-order valence-corrected chi connectivity index (χ2v) is 12.6. The molecular formula is C46H30N2O. The van der Waals surface area contributed by atoms with Gasteiger partial charge in [0.2, 0.25) is 0 Å². The molecule has 0 N–H and O–H groups in total. The Morgan fingerprint density at radius 2 is 1.04 bits per heavy atom. The SMILES string of the molecule is c1cc(N(c2ccc(-c3cccc4c3oc3ccccc34)cc2)c2cccc3ccccc23)cc(-n2c3ccccc3c3ccccc32)c1. The summed E-state index contributed by atoms with van der Waals surface area (Å²) in [4.78, 5) is 2.38. The average molecular weight is 627 g/mol. The number of rotatable bonds is 5. The highest BCUT2D eigenvalue weighted by atomic mass is 16.3. The average Bonchev–Trinajstić information content (AvgIpc) is 3.72. The molecule has 10 aromatic rings. The van der Waals surface area contributed by atoms with Gasteiger partial charge in [0.1, 0.15) is 11.2 Å². The molecular weight excluding hydrogens is 597 g/mol. The Kier molecular flexibility index (Phi) is 6.18. The normalized spacial score (nSPS) is 11.7. The van der Waals surface area contributed by atoms with Crippen LogP contribution in [0.4, 0.5) is 17.1 Å². The monoisotopic (exact) mass is 626 g/mol. The molecule has 0 atom stereocenters. The number of para-hydroxylation sites is 4. The maximum atomic E-state index is 6.40. The van der Waals surface area contributed by atoms with Crippen molar-refractivity contribution in [2.45, 2.75) is 0 Å². The highest BCUT2D eigenvalue weighted by Gasteiger charge is 2.19. The third kappa shape index (κ3) is 4.37. The zero-order valence-electron chi connectivity index (χ0n) is 26.6. The Morgan fingerprint density at radius 3 is 1.84 bits per heavy atom. The van der Waals surface area contributed by atoms with Crippen molar-refractivity contribution in [3.05, 3.63) is 182 Å². The van der Waals surface area contributed by atoms with Crippen LogP contribution >= 0.6 is 0 Å². The maximum Gasteiger partial charge on any atom is 0.143 e. The lowest BCUT2D eigenvalue weighted by Gasteiger charge is -2.27. The van der Waals surface area contributed by atoms with Gasteiger partial charge >= 0.3 is 0 Å². The van der Waals surface area contributed by atoms with Gasteiger partial charge in [0, 0.05) is 49.6 Å². The minimum atomic E-state index is 0.909. The molecule has 3 nitrogen and oxygen atoms in total. The van der Waals surface area contributed by atoms with Gasteiger partial charge in [-0.1, -0.05) is 127 Å². The molecule has 3 heteroatoms. The van der Waals surface area contributed by atoms with E-state index >= 15 is 0 Å². The van der Waals surface area contributed by atoms with Crippen molar-refractivity contribution in [3.8, 4) is 16.8 Å². The molecule has 230 valence electrons. The number of hydrogen-bond donors (Lipinski definition) is 0. The van der Waals surface area contributed by atoms with E-state index in [1.807, 2.05) is 12.1 Å². The predicted octanol–water partition coefficient (Wildman–Crippen LogP) is 13.0. The Morgan fingerprint density at radius 1 is 0.429 bits per heavy atom. The lowest BCUT2D eigenvalue weighted by molar-refractivity contribution is 0.670. The summed E-state index contributed by atoms with van der Waals surface area (Å²) in [6.07, 6.45) is 0. The molecule has 2 aromatic heterocycles. The summed E-state index contributed by atoms with van der Waals surface area (Å²) in [6.45, 7) is 0. The topological polar surface area (TPSA) is 21.3 Å². The van der Waals surface area contributed by atoms with Crippen molar-refractivity contribution in [2.24, 2.45) is 0 Å². The molecule has 0 saturated carbocycles. The van der Waals surface area contributed by atoms with E-state index in [0.29, 0.717) is 0 Å². The summed E-state index contributed by atoms with van der Waals surface area (Å²) in [6, 6.07) is 65.0. The van der Waals surface area contributed by atoms with Gasteiger partial charge in [-0.15, -0.1) is 0 Å². The van der Waals surface area contributed by atoms with Crippen LogP contribution in [0.3, 0.4) is 0 Å². The Balaban J connectivity index is 1.15. The Hall–Kier alpha value is -6.58. The molecule has 8 aromatic carbocycles. The first-order chi connectivity index (χ1) is 24.3. The van der Waals surface area contributed by atoms with Crippen LogP contribution in [-0.2, 0) is 0 Å². The summed E-state index contributed by atoms with van der Waals surface area (Å²) >= 11 is 0. The van der Waals surface area contributed by atoms with E-state index in [1.165, 1.54) is 32.6 Å². The van der Waals surface area contributed by atoms with Gasteiger partial charge in [-0.25, -0.2) is 0 Å². The minimum absolute atomic E-state index is 0.909. The van der Waals surface area contributed by atoms with E-state index in [9.17, 15) is 0 Å². The van der Waals surface area contributed by atoms with Crippen LogP contribution < -0.4 is 4.90 Å². The molecule has 0 unspecified atom stereocenters. The summed E-state index contributed by atoms with van der Waals surface area (Å²) in [5.41, 5.74) is 10.8. The van der Waals surface area contributed by atoms with E-state index in [0.717, 1.165) is 55.8 Å². The summed E-state index contributed by atoms with van der Waals surface area (Å²) in [5, 5.41) is 7.19. The van der Waals surface area contributed by atoms with E-state index in [1.54, 1.807) is 0 Å². The quantitative estimate of drug-likeness (QED) is 0.190. The van der Waals surface area contributed by atoms with Crippen LogP contribution in [0.25, 0.3) is 71.3 Å². The number of anilines is 3. The molecule has 0 aliphatic rings. The zero-order valence-corrected chi connectivity index (χ0v) is 26.6. The largest absolute Gasteiger partial charge is 0.455 e. The van der Waals surface area contributed by atoms with Crippen molar-refractivity contribution in [3.63, 3.8) is 0 Å². The zero-order chi connectivity index (χ0) is 32.3. The van der Waals surface area contributed by atoms with E-state index in [2.05, 4.69) is 179 Å². The van der Waals surface area contributed by atoms with E-state index < -0.39 is 0 Å².